The summed E-state index contributed by atoms with van der Waals surface area (Å²) in [5.41, 5.74) is 1.58. The van der Waals surface area contributed by atoms with Gasteiger partial charge >= 0.3 is 0 Å². The maximum atomic E-state index is 11.8. The Morgan fingerprint density at radius 1 is 1.41 bits per heavy atom. The third-order valence-corrected chi connectivity index (χ3v) is 3.59. The molecule has 1 saturated heterocycles. The summed E-state index contributed by atoms with van der Waals surface area (Å²) in [4.78, 5) is 13.5. The third kappa shape index (κ3) is 2.26. The SMILES string of the molecule is C#CC1CC(=O)N(c2cc(C)c(Cl)cc2Cl)C1. The van der Waals surface area contributed by atoms with Crippen molar-refractivity contribution in [3.05, 3.63) is 27.7 Å². The van der Waals surface area contributed by atoms with Gasteiger partial charge in [0.1, 0.15) is 0 Å². The lowest BCUT2D eigenvalue weighted by Crippen LogP contribution is -2.24. The molecule has 2 rings (SSSR count). The van der Waals surface area contributed by atoms with Crippen LogP contribution in [-0.4, -0.2) is 12.5 Å². The molecule has 0 aromatic heterocycles. The third-order valence-electron chi connectivity index (χ3n) is 2.88. The molecule has 0 bridgehead atoms. The Kier molecular flexibility index (Phi) is 3.33. The summed E-state index contributed by atoms with van der Waals surface area (Å²) in [5, 5.41) is 1.07. The van der Waals surface area contributed by atoms with Gasteiger partial charge in [-0.3, -0.25) is 4.79 Å². The van der Waals surface area contributed by atoms with Crippen molar-refractivity contribution < 1.29 is 4.79 Å². The number of carbonyl (C=O) groups is 1. The highest BCUT2D eigenvalue weighted by Crippen LogP contribution is 2.34. The van der Waals surface area contributed by atoms with Crippen molar-refractivity contribution >= 4 is 34.8 Å². The minimum Gasteiger partial charge on any atom is -0.310 e. The van der Waals surface area contributed by atoms with Crippen molar-refractivity contribution in [1.82, 2.24) is 0 Å². The number of halogens is 2. The van der Waals surface area contributed by atoms with Crippen LogP contribution in [0.3, 0.4) is 0 Å². The first-order valence-electron chi connectivity index (χ1n) is 5.25. The maximum absolute atomic E-state index is 11.8. The number of benzene rings is 1. The van der Waals surface area contributed by atoms with Gasteiger partial charge in [-0.05, 0) is 24.6 Å². The van der Waals surface area contributed by atoms with E-state index in [1.165, 1.54) is 0 Å². The molecule has 0 aliphatic carbocycles. The molecule has 1 aromatic rings. The molecule has 0 N–H and O–H groups in total. The lowest BCUT2D eigenvalue weighted by Gasteiger charge is -2.18. The number of hydrogen-bond acceptors (Lipinski definition) is 1. The van der Waals surface area contributed by atoms with E-state index in [9.17, 15) is 4.79 Å². The molecule has 1 unspecified atom stereocenters. The number of amides is 1. The van der Waals surface area contributed by atoms with Crippen LogP contribution in [0.5, 0.6) is 0 Å². The van der Waals surface area contributed by atoms with Crippen molar-refractivity contribution in [2.75, 3.05) is 11.4 Å². The molecule has 1 aliphatic rings. The van der Waals surface area contributed by atoms with E-state index in [1.54, 1.807) is 11.0 Å². The molecule has 1 heterocycles. The van der Waals surface area contributed by atoms with E-state index in [0.717, 1.165) is 5.56 Å². The molecular formula is C13H11Cl2NO. The van der Waals surface area contributed by atoms with E-state index >= 15 is 0 Å². The molecule has 1 amide bonds. The van der Waals surface area contributed by atoms with Crippen molar-refractivity contribution in [1.29, 1.82) is 0 Å². The highest BCUT2D eigenvalue weighted by Gasteiger charge is 2.30. The van der Waals surface area contributed by atoms with E-state index in [0.29, 0.717) is 28.7 Å². The summed E-state index contributed by atoms with van der Waals surface area (Å²) in [6.07, 6.45) is 5.73. The van der Waals surface area contributed by atoms with E-state index < -0.39 is 0 Å². The van der Waals surface area contributed by atoms with Gasteiger partial charge < -0.3 is 4.90 Å². The van der Waals surface area contributed by atoms with Crippen LogP contribution >= 0.6 is 23.2 Å². The average Bonchev–Trinajstić information content (AvgIpc) is 2.65. The van der Waals surface area contributed by atoms with Gasteiger partial charge in [-0.1, -0.05) is 23.2 Å². The summed E-state index contributed by atoms with van der Waals surface area (Å²) in [6.45, 7) is 2.40. The van der Waals surface area contributed by atoms with E-state index in [1.807, 2.05) is 13.0 Å². The standard InChI is InChI=1S/C13H11Cl2NO/c1-3-9-5-13(17)16(7-9)12-4-8(2)10(14)6-11(12)15/h1,4,6,9H,5,7H2,2H3. The normalized spacial score (nSPS) is 19.5. The predicted octanol–water partition coefficient (Wildman–Crippen LogP) is 3.29. The quantitative estimate of drug-likeness (QED) is 0.716. The van der Waals surface area contributed by atoms with Gasteiger partial charge in [0, 0.05) is 23.9 Å². The van der Waals surface area contributed by atoms with Gasteiger partial charge in [0.2, 0.25) is 5.91 Å². The number of carbonyl (C=O) groups excluding carboxylic acids is 1. The fourth-order valence-corrected chi connectivity index (χ4v) is 2.39. The van der Waals surface area contributed by atoms with Gasteiger partial charge in [-0.25, -0.2) is 0 Å². The van der Waals surface area contributed by atoms with Crippen molar-refractivity contribution in [2.45, 2.75) is 13.3 Å². The summed E-state index contributed by atoms with van der Waals surface area (Å²) in [6, 6.07) is 3.48. The Morgan fingerprint density at radius 2 is 2.12 bits per heavy atom. The molecule has 17 heavy (non-hydrogen) atoms. The number of rotatable bonds is 1. The predicted molar refractivity (Wildman–Crippen MR) is 70.5 cm³/mol. The molecular weight excluding hydrogens is 257 g/mol. The topological polar surface area (TPSA) is 20.3 Å². The smallest absolute Gasteiger partial charge is 0.228 e. The second-order valence-corrected chi connectivity index (χ2v) is 4.94. The second-order valence-electron chi connectivity index (χ2n) is 4.12. The Morgan fingerprint density at radius 3 is 2.71 bits per heavy atom. The van der Waals surface area contributed by atoms with Crippen LogP contribution in [0.4, 0.5) is 5.69 Å². The molecule has 0 spiro atoms. The second kappa shape index (κ2) is 4.60. The molecule has 1 aliphatic heterocycles. The molecule has 1 fully saturated rings. The van der Waals surface area contributed by atoms with E-state index in [2.05, 4.69) is 5.92 Å². The largest absolute Gasteiger partial charge is 0.310 e. The van der Waals surface area contributed by atoms with Crippen LogP contribution in [0.2, 0.25) is 10.0 Å². The first-order valence-corrected chi connectivity index (χ1v) is 6.00. The van der Waals surface area contributed by atoms with Crippen molar-refractivity contribution in [3.63, 3.8) is 0 Å². The minimum absolute atomic E-state index is 0.0107. The molecule has 4 heteroatoms. The molecule has 1 aromatic carbocycles. The zero-order valence-corrected chi connectivity index (χ0v) is 10.8. The summed E-state index contributed by atoms with van der Waals surface area (Å²) in [5.74, 6) is 2.59. The molecule has 88 valence electrons. The van der Waals surface area contributed by atoms with E-state index in [4.69, 9.17) is 29.6 Å². The zero-order chi connectivity index (χ0) is 12.6. The Hall–Kier alpha value is -1.17. The Balaban J connectivity index is 2.39. The van der Waals surface area contributed by atoms with Crippen molar-refractivity contribution in [3.8, 4) is 12.3 Å². The first-order chi connectivity index (χ1) is 8.02. The molecule has 0 radical (unpaired) electrons. The van der Waals surface area contributed by atoms with Gasteiger partial charge in [0.05, 0.1) is 10.7 Å². The molecule has 1 atom stereocenters. The fourth-order valence-electron chi connectivity index (χ4n) is 1.90. The molecule has 2 nitrogen and oxygen atoms in total. The van der Waals surface area contributed by atoms with Crippen LogP contribution in [0.1, 0.15) is 12.0 Å². The minimum atomic E-state index is -0.0328. The summed E-state index contributed by atoms with van der Waals surface area (Å²) < 4.78 is 0. The van der Waals surface area contributed by atoms with Gasteiger partial charge in [-0.2, -0.15) is 0 Å². The number of aryl methyl sites for hydroxylation is 1. The number of terminal acetylenes is 1. The number of hydrogen-bond donors (Lipinski definition) is 0. The lowest BCUT2D eigenvalue weighted by atomic mass is 10.1. The Bertz CT molecular complexity index is 519. The highest BCUT2D eigenvalue weighted by atomic mass is 35.5. The lowest BCUT2D eigenvalue weighted by molar-refractivity contribution is -0.117. The van der Waals surface area contributed by atoms with Gasteiger partial charge in [0.25, 0.3) is 0 Å². The van der Waals surface area contributed by atoms with Gasteiger partial charge in [-0.15, -0.1) is 12.3 Å². The zero-order valence-electron chi connectivity index (χ0n) is 9.34. The molecule has 0 saturated carbocycles. The van der Waals surface area contributed by atoms with Crippen LogP contribution in [0.15, 0.2) is 12.1 Å². The first kappa shape index (κ1) is 12.3. The summed E-state index contributed by atoms with van der Waals surface area (Å²) in [7, 11) is 0. The van der Waals surface area contributed by atoms with Crippen LogP contribution < -0.4 is 4.90 Å². The van der Waals surface area contributed by atoms with Crippen LogP contribution in [-0.2, 0) is 4.79 Å². The van der Waals surface area contributed by atoms with Gasteiger partial charge in [0.15, 0.2) is 0 Å². The van der Waals surface area contributed by atoms with Crippen LogP contribution in [0.25, 0.3) is 0 Å². The number of nitrogens with zero attached hydrogens (tertiary/aromatic N) is 1. The highest BCUT2D eigenvalue weighted by molar-refractivity contribution is 6.37. The average molecular weight is 268 g/mol. The number of anilines is 1. The van der Waals surface area contributed by atoms with Crippen LogP contribution in [0, 0.1) is 25.2 Å². The monoisotopic (exact) mass is 267 g/mol. The fraction of sp³-hybridized carbons (Fsp3) is 0.308. The van der Waals surface area contributed by atoms with Crippen molar-refractivity contribution in [2.24, 2.45) is 5.92 Å². The summed E-state index contributed by atoms with van der Waals surface area (Å²) >= 11 is 12.1. The Labute approximate surface area is 111 Å². The maximum Gasteiger partial charge on any atom is 0.228 e. The van der Waals surface area contributed by atoms with E-state index in [-0.39, 0.29) is 11.8 Å².